The summed E-state index contributed by atoms with van der Waals surface area (Å²) in [5, 5.41) is 2.53. The summed E-state index contributed by atoms with van der Waals surface area (Å²) in [6.45, 7) is 0.620. The zero-order valence-corrected chi connectivity index (χ0v) is 15.7. The van der Waals surface area contributed by atoms with Crippen LogP contribution in [0.4, 0.5) is 0 Å². The van der Waals surface area contributed by atoms with Gasteiger partial charge in [0.1, 0.15) is 19.1 Å². The van der Waals surface area contributed by atoms with Crippen LogP contribution in [0.3, 0.4) is 0 Å². The highest BCUT2D eigenvalue weighted by Gasteiger charge is 2.27. The van der Waals surface area contributed by atoms with Crippen molar-refractivity contribution in [1.29, 1.82) is 0 Å². The zero-order valence-electron chi connectivity index (χ0n) is 13.3. The number of carbonyl (C=O) groups excluding carboxylic acids is 4. The van der Waals surface area contributed by atoms with Crippen LogP contribution in [0.15, 0.2) is 15.9 Å². The van der Waals surface area contributed by atoms with E-state index in [-0.39, 0.29) is 0 Å². The van der Waals surface area contributed by atoms with E-state index in [1.165, 1.54) is 32.5 Å². The van der Waals surface area contributed by atoms with Gasteiger partial charge in [-0.05, 0) is 35.0 Å². The van der Waals surface area contributed by atoms with Gasteiger partial charge < -0.3 is 19.7 Å². The SMILES string of the molecule is COC(=O)CN(CC(=O)OC)C(=O)C(C)NC(=O)c1ccc(Br)s1. The third kappa shape index (κ3) is 5.93. The lowest BCUT2D eigenvalue weighted by atomic mass is 10.2. The van der Waals surface area contributed by atoms with Gasteiger partial charge in [0.25, 0.3) is 5.91 Å². The molecule has 1 aromatic rings. The summed E-state index contributed by atoms with van der Waals surface area (Å²) < 4.78 is 9.79. The van der Waals surface area contributed by atoms with Crippen LogP contribution in [0.25, 0.3) is 0 Å². The van der Waals surface area contributed by atoms with E-state index in [9.17, 15) is 19.2 Å². The number of rotatable bonds is 7. The number of thiophene rings is 1. The molecule has 8 nitrogen and oxygen atoms in total. The van der Waals surface area contributed by atoms with Crippen molar-refractivity contribution in [2.45, 2.75) is 13.0 Å². The minimum atomic E-state index is -0.937. The van der Waals surface area contributed by atoms with Gasteiger partial charge in [0.05, 0.1) is 22.9 Å². The Morgan fingerprint density at radius 3 is 2.12 bits per heavy atom. The smallest absolute Gasteiger partial charge is 0.325 e. The molecule has 1 heterocycles. The highest BCUT2D eigenvalue weighted by Crippen LogP contribution is 2.21. The first-order chi connectivity index (χ1) is 11.3. The molecular weight excluding hydrogens is 404 g/mol. The quantitative estimate of drug-likeness (QED) is 0.654. The highest BCUT2D eigenvalue weighted by molar-refractivity contribution is 9.11. The first-order valence-electron chi connectivity index (χ1n) is 6.77. The molecule has 1 unspecified atom stereocenters. The van der Waals surface area contributed by atoms with Gasteiger partial charge in [-0.1, -0.05) is 0 Å². The maximum absolute atomic E-state index is 12.4. The molecule has 0 saturated carbocycles. The maximum atomic E-state index is 12.4. The van der Waals surface area contributed by atoms with Crippen LogP contribution in [0.1, 0.15) is 16.6 Å². The molecule has 2 amide bonds. The second kappa shape index (κ2) is 9.38. The van der Waals surface area contributed by atoms with E-state index in [0.29, 0.717) is 4.88 Å². The number of methoxy groups -OCH3 is 2. The Hall–Kier alpha value is -1.94. The lowest BCUT2D eigenvalue weighted by Crippen LogP contribution is -2.50. The number of halogens is 1. The Labute approximate surface area is 151 Å². The van der Waals surface area contributed by atoms with Crippen molar-refractivity contribution in [2.75, 3.05) is 27.3 Å². The second-order valence-electron chi connectivity index (χ2n) is 4.65. The molecule has 0 aliphatic heterocycles. The topological polar surface area (TPSA) is 102 Å². The van der Waals surface area contributed by atoms with Crippen LogP contribution >= 0.6 is 27.3 Å². The molecule has 0 aromatic carbocycles. The van der Waals surface area contributed by atoms with Gasteiger partial charge in [-0.3, -0.25) is 19.2 Å². The van der Waals surface area contributed by atoms with Crippen LogP contribution in [0, 0.1) is 0 Å². The third-order valence-electron chi connectivity index (χ3n) is 2.92. The van der Waals surface area contributed by atoms with Crippen molar-refractivity contribution in [2.24, 2.45) is 0 Å². The molecule has 1 atom stereocenters. The molecule has 10 heteroatoms. The third-order valence-corrected chi connectivity index (χ3v) is 4.54. The molecule has 1 rings (SSSR count). The molecule has 132 valence electrons. The number of amides is 2. The number of nitrogens with zero attached hydrogens (tertiary/aromatic N) is 1. The van der Waals surface area contributed by atoms with E-state index < -0.39 is 42.9 Å². The molecule has 0 fully saturated rings. The summed E-state index contributed by atoms with van der Waals surface area (Å²) in [4.78, 5) is 48.7. The Kier molecular flexibility index (Phi) is 7.86. The van der Waals surface area contributed by atoms with E-state index in [0.717, 1.165) is 8.69 Å². The van der Waals surface area contributed by atoms with Crippen molar-refractivity contribution < 1.29 is 28.7 Å². The number of esters is 2. The lowest BCUT2D eigenvalue weighted by Gasteiger charge is -2.24. The normalized spacial score (nSPS) is 11.3. The number of hydrogen-bond acceptors (Lipinski definition) is 7. The van der Waals surface area contributed by atoms with Gasteiger partial charge in [0, 0.05) is 0 Å². The lowest BCUT2D eigenvalue weighted by molar-refractivity contribution is -0.152. The monoisotopic (exact) mass is 420 g/mol. The van der Waals surface area contributed by atoms with Crippen LogP contribution < -0.4 is 5.32 Å². The van der Waals surface area contributed by atoms with Crippen LogP contribution in [-0.4, -0.2) is 62.0 Å². The summed E-state index contributed by atoms with van der Waals surface area (Å²) in [7, 11) is 2.34. The van der Waals surface area contributed by atoms with E-state index in [1.54, 1.807) is 12.1 Å². The number of hydrogen-bond donors (Lipinski definition) is 1. The van der Waals surface area contributed by atoms with E-state index >= 15 is 0 Å². The van der Waals surface area contributed by atoms with Crippen molar-refractivity contribution in [3.8, 4) is 0 Å². The molecule has 0 saturated heterocycles. The first-order valence-corrected chi connectivity index (χ1v) is 8.38. The van der Waals surface area contributed by atoms with Gasteiger partial charge in [0.15, 0.2) is 0 Å². The Morgan fingerprint density at radius 1 is 1.17 bits per heavy atom. The number of carbonyl (C=O) groups is 4. The summed E-state index contributed by atoms with van der Waals surface area (Å²) in [6, 6.07) is 2.39. The molecule has 1 aromatic heterocycles. The molecule has 0 aliphatic carbocycles. The van der Waals surface area contributed by atoms with Gasteiger partial charge in [0.2, 0.25) is 5.91 Å². The molecule has 0 spiro atoms. The minimum Gasteiger partial charge on any atom is -0.468 e. The first kappa shape index (κ1) is 20.1. The largest absolute Gasteiger partial charge is 0.468 e. The highest BCUT2D eigenvalue weighted by atomic mass is 79.9. The fourth-order valence-corrected chi connectivity index (χ4v) is 2.98. The van der Waals surface area contributed by atoms with Crippen LogP contribution in [0.5, 0.6) is 0 Å². The number of nitrogens with one attached hydrogen (secondary N) is 1. The standard InChI is InChI=1S/C14H17BrN2O6S/c1-8(16-13(20)9-4-5-10(15)24-9)14(21)17(6-11(18)22-2)7-12(19)23-3/h4-5,8H,6-7H2,1-3H3,(H,16,20). The van der Waals surface area contributed by atoms with Gasteiger partial charge in [-0.2, -0.15) is 0 Å². The predicted molar refractivity (Wildman–Crippen MR) is 89.6 cm³/mol. The van der Waals surface area contributed by atoms with Crippen molar-refractivity contribution in [1.82, 2.24) is 10.2 Å². The Morgan fingerprint density at radius 2 is 1.71 bits per heavy atom. The fourth-order valence-electron chi connectivity index (χ4n) is 1.69. The van der Waals surface area contributed by atoms with Crippen LogP contribution in [0.2, 0.25) is 0 Å². The molecule has 0 aliphatic rings. The number of ether oxygens (including phenoxy) is 2. The van der Waals surface area contributed by atoms with Gasteiger partial charge in [-0.25, -0.2) is 0 Å². The fraction of sp³-hybridized carbons (Fsp3) is 0.429. The van der Waals surface area contributed by atoms with Crippen molar-refractivity contribution >= 4 is 51.0 Å². The summed E-state index contributed by atoms with van der Waals surface area (Å²) in [5.74, 6) is -2.40. The Bertz CT molecular complexity index is 615. The van der Waals surface area contributed by atoms with E-state index in [2.05, 4.69) is 30.7 Å². The zero-order chi connectivity index (χ0) is 18.3. The summed E-state index contributed by atoms with van der Waals surface area (Å²) in [6.07, 6.45) is 0. The minimum absolute atomic E-state index is 0.421. The predicted octanol–water partition coefficient (Wildman–Crippen LogP) is 0.803. The van der Waals surface area contributed by atoms with Crippen LogP contribution in [-0.2, 0) is 23.9 Å². The van der Waals surface area contributed by atoms with E-state index in [4.69, 9.17) is 0 Å². The molecule has 0 bridgehead atoms. The molecule has 0 radical (unpaired) electrons. The van der Waals surface area contributed by atoms with Gasteiger partial charge >= 0.3 is 11.9 Å². The van der Waals surface area contributed by atoms with Crippen molar-refractivity contribution in [3.63, 3.8) is 0 Å². The molecular formula is C14H17BrN2O6S. The molecule has 24 heavy (non-hydrogen) atoms. The average Bonchev–Trinajstić information content (AvgIpc) is 2.99. The summed E-state index contributed by atoms with van der Waals surface area (Å²) in [5.41, 5.74) is 0. The Balaban J connectivity index is 2.77. The van der Waals surface area contributed by atoms with Crippen molar-refractivity contribution in [3.05, 3.63) is 20.8 Å². The average molecular weight is 421 g/mol. The second-order valence-corrected chi connectivity index (χ2v) is 7.11. The van der Waals surface area contributed by atoms with E-state index in [1.807, 2.05) is 0 Å². The molecule has 1 N–H and O–H groups in total. The maximum Gasteiger partial charge on any atom is 0.325 e. The van der Waals surface area contributed by atoms with Gasteiger partial charge in [-0.15, -0.1) is 11.3 Å². The summed E-state index contributed by atoms with van der Waals surface area (Å²) >= 11 is 4.47.